The minimum atomic E-state index is -0.440. The first-order valence-corrected chi connectivity index (χ1v) is 13.9. The molecule has 0 spiro atoms. The number of carbonyl (C=O) groups excluding carboxylic acids is 1. The van der Waals surface area contributed by atoms with Gasteiger partial charge in [0, 0.05) is 31.1 Å². The van der Waals surface area contributed by atoms with Crippen molar-refractivity contribution in [2.45, 2.75) is 59.2 Å². The van der Waals surface area contributed by atoms with Gasteiger partial charge in [-0.1, -0.05) is 61.9 Å². The van der Waals surface area contributed by atoms with Gasteiger partial charge in [-0.15, -0.1) is 0 Å². The molecule has 0 aliphatic heterocycles. The molecular formula is C33H38FN3O3. The molecule has 210 valence electrons. The molecular weight excluding hydrogens is 505 g/mol. The second-order valence-corrected chi connectivity index (χ2v) is 9.82. The zero-order valence-corrected chi connectivity index (χ0v) is 23.7. The van der Waals surface area contributed by atoms with Crippen molar-refractivity contribution in [3.05, 3.63) is 107 Å². The van der Waals surface area contributed by atoms with Crippen LogP contribution in [-0.2, 0) is 24.2 Å². The Labute approximate surface area is 236 Å². The quantitative estimate of drug-likeness (QED) is 0.183. The molecule has 0 radical (unpaired) electrons. The first kappa shape index (κ1) is 29.0. The summed E-state index contributed by atoms with van der Waals surface area (Å²) in [6, 6.07) is 23.0. The lowest BCUT2D eigenvalue weighted by molar-refractivity contribution is 0.0600. The molecule has 0 amide bonds. The Hall–Kier alpha value is -3.97. The second-order valence-electron chi connectivity index (χ2n) is 9.82. The van der Waals surface area contributed by atoms with Gasteiger partial charge in [0.2, 0.25) is 5.95 Å². The van der Waals surface area contributed by atoms with Gasteiger partial charge in [-0.2, -0.15) is 9.37 Å². The number of nitrogens with zero attached hydrogens (tertiary/aromatic N) is 2. The standard InChI is InChI=1S/C33H38FN3O3/c1-5-7-19-37-30(31(34)36-32(37)28-14-9-8-11-23(28)3)21-29(26-12-10-13-27(20-26)40-6-2)35-22-24-15-17-25(18-16-24)33(38)39-4/h8-18,20,29,35H,5-7,19,21-22H2,1-4H3. The Morgan fingerprint density at radius 3 is 2.52 bits per heavy atom. The van der Waals surface area contributed by atoms with E-state index in [1.165, 1.54) is 7.11 Å². The van der Waals surface area contributed by atoms with E-state index in [0.717, 1.165) is 40.8 Å². The summed E-state index contributed by atoms with van der Waals surface area (Å²) in [4.78, 5) is 16.3. The first-order valence-electron chi connectivity index (χ1n) is 13.9. The number of aryl methyl sites for hydroxylation is 1. The van der Waals surface area contributed by atoms with Gasteiger partial charge in [0.05, 0.1) is 25.0 Å². The summed E-state index contributed by atoms with van der Waals surface area (Å²) >= 11 is 0. The van der Waals surface area contributed by atoms with Crippen LogP contribution in [0.4, 0.5) is 4.39 Å². The molecule has 0 saturated heterocycles. The van der Waals surface area contributed by atoms with Crippen LogP contribution >= 0.6 is 0 Å². The number of rotatable bonds is 13. The van der Waals surface area contributed by atoms with Crippen LogP contribution in [0.1, 0.15) is 65.5 Å². The Balaban J connectivity index is 1.69. The number of aromatic nitrogens is 2. The third kappa shape index (κ3) is 6.96. The number of esters is 1. The summed E-state index contributed by atoms with van der Waals surface area (Å²) in [5.74, 6) is 0.629. The van der Waals surface area contributed by atoms with Crippen LogP contribution in [-0.4, -0.2) is 29.2 Å². The molecule has 0 aliphatic rings. The molecule has 6 nitrogen and oxygen atoms in total. The van der Waals surface area contributed by atoms with E-state index in [-0.39, 0.29) is 12.0 Å². The fourth-order valence-electron chi connectivity index (χ4n) is 4.84. The number of unbranched alkanes of at least 4 members (excludes halogenated alkanes) is 1. The number of halogens is 1. The van der Waals surface area contributed by atoms with Crippen molar-refractivity contribution < 1.29 is 18.7 Å². The van der Waals surface area contributed by atoms with Gasteiger partial charge in [0.1, 0.15) is 11.6 Å². The molecule has 1 atom stereocenters. The van der Waals surface area contributed by atoms with Crippen molar-refractivity contribution in [2.24, 2.45) is 0 Å². The van der Waals surface area contributed by atoms with Gasteiger partial charge >= 0.3 is 5.97 Å². The Bertz CT molecular complexity index is 1410. The summed E-state index contributed by atoms with van der Waals surface area (Å²) in [5, 5.41) is 3.62. The molecule has 0 bridgehead atoms. The lowest BCUT2D eigenvalue weighted by atomic mass is 10.0. The SMILES string of the molecule is CCCCn1c(-c2ccccc2C)nc(F)c1CC(NCc1ccc(C(=O)OC)cc1)c1cccc(OCC)c1. The van der Waals surface area contributed by atoms with Crippen molar-refractivity contribution >= 4 is 5.97 Å². The Morgan fingerprint density at radius 1 is 1.05 bits per heavy atom. The van der Waals surface area contributed by atoms with Gasteiger partial charge < -0.3 is 19.4 Å². The average molecular weight is 544 g/mol. The second kappa shape index (κ2) is 13.9. The lowest BCUT2D eigenvalue weighted by Gasteiger charge is -2.22. The van der Waals surface area contributed by atoms with E-state index < -0.39 is 5.95 Å². The van der Waals surface area contributed by atoms with Crippen molar-refractivity contribution in [1.82, 2.24) is 14.9 Å². The third-order valence-electron chi connectivity index (χ3n) is 7.04. The van der Waals surface area contributed by atoms with E-state index in [1.807, 2.05) is 79.1 Å². The molecule has 0 fully saturated rings. The predicted octanol–water partition coefficient (Wildman–Crippen LogP) is 7.06. The van der Waals surface area contributed by atoms with E-state index >= 15 is 4.39 Å². The topological polar surface area (TPSA) is 65.4 Å². The number of hydrogen-bond donors (Lipinski definition) is 1. The van der Waals surface area contributed by atoms with Crippen molar-refractivity contribution in [3.63, 3.8) is 0 Å². The fraction of sp³-hybridized carbons (Fsp3) is 0.333. The van der Waals surface area contributed by atoms with E-state index in [1.54, 1.807) is 12.1 Å². The molecule has 1 heterocycles. The van der Waals surface area contributed by atoms with Crippen molar-refractivity contribution in [2.75, 3.05) is 13.7 Å². The number of nitrogens with one attached hydrogen (secondary N) is 1. The molecule has 4 rings (SSSR count). The van der Waals surface area contributed by atoms with E-state index in [9.17, 15) is 4.79 Å². The monoisotopic (exact) mass is 543 g/mol. The number of imidazole rings is 1. The van der Waals surface area contributed by atoms with Gasteiger partial charge in [0.15, 0.2) is 0 Å². The third-order valence-corrected chi connectivity index (χ3v) is 7.04. The smallest absolute Gasteiger partial charge is 0.337 e. The molecule has 1 aromatic heterocycles. The van der Waals surface area contributed by atoms with Crippen LogP contribution in [0.25, 0.3) is 11.4 Å². The number of carbonyl (C=O) groups is 1. The van der Waals surface area contributed by atoms with Crippen LogP contribution in [0.15, 0.2) is 72.8 Å². The molecule has 4 aromatic rings. The maximum atomic E-state index is 15.7. The highest BCUT2D eigenvalue weighted by Gasteiger charge is 2.23. The van der Waals surface area contributed by atoms with E-state index in [4.69, 9.17) is 9.47 Å². The largest absolute Gasteiger partial charge is 0.494 e. The Kier molecular flexibility index (Phi) is 10.1. The lowest BCUT2D eigenvalue weighted by Crippen LogP contribution is -2.25. The fourth-order valence-corrected chi connectivity index (χ4v) is 4.84. The van der Waals surface area contributed by atoms with Crippen LogP contribution in [0, 0.1) is 12.9 Å². The molecule has 1 unspecified atom stereocenters. The van der Waals surface area contributed by atoms with Gasteiger partial charge in [-0.05, 0) is 61.2 Å². The minimum Gasteiger partial charge on any atom is -0.494 e. The highest BCUT2D eigenvalue weighted by molar-refractivity contribution is 5.89. The zero-order valence-electron chi connectivity index (χ0n) is 23.7. The summed E-state index contributed by atoms with van der Waals surface area (Å²) in [6.07, 6.45) is 2.32. The number of benzene rings is 3. The summed E-state index contributed by atoms with van der Waals surface area (Å²) in [7, 11) is 1.37. The van der Waals surface area contributed by atoms with Crippen molar-refractivity contribution in [1.29, 1.82) is 0 Å². The number of ether oxygens (including phenoxy) is 2. The molecule has 0 saturated carbocycles. The maximum absolute atomic E-state index is 15.7. The van der Waals surface area contributed by atoms with E-state index in [0.29, 0.717) is 43.2 Å². The van der Waals surface area contributed by atoms with Gasteiger partial charge in [-0.25, -0.2) is 4.79 Å². The van der Waals surface area contributed by atoms with Crippen LogP contribution in [0.5, 0.6) is 5.75 Å². The van der Waals surface area contributed by atoms with Gasteiger partial charge in [0.25, 0.3) is 0 Å². The average Bonchev–Trinajstić information content (AvgIpc) is 3.28. The zero-order chi connectivity index (χ0) is 28.5. The molecule has 7 heteroatoms. The van der Waals surface area contributed by atoms with Crippen LogP contribution in [0.2, 0.25) is 0 Å². The highest BCUT2D eigenvalue weighted by Crippen LogP contribution is 2.30. The van der Waals surface area contributed by atoms with Crippen molar-refractivity contribution in [3.8, 4) is 17.1 Å². The van der Waals surface area contributed by atoms with Crippen LogP contribution in [0.3, 0.4) is 0 Å². The number of hydrogen-bond acceptors (Lipinski definition) is 5. The molecule has 1 N–H and O–H groups in total. The van der Waals surface area contributed by atoms with Crippen LogP contribution < -0.4 is 10.1 Å². The van der Waals surface area contributed by atoms with E-state index in [2.05, 4.69) is 17.2 Å². The van der Waals surface area contributed by atoms with Gasteiger partial charge in [-0.3, -0.25) is 0 Å². The highest BCUT2D eigenvalue weighted by atomic mass is 19.1. The predicted molar refractivity (Wildman–Crippen MR) is 156 cm³/mol. The molecule has 3 aromatic carbocycles. The number of methoxy groups -OCH3 is 1. The normalized spacial score (nSPS) is 11.8. The molecule has 40 heavy (non-hydrogen) atoms. The first-order chi connectivity index (χ1) is 19.4. The molecule has 0 aliphatic carbocycles. The Morgan fingerprint density at radius 2 is 1.82 bits per heavy atom. The summed E-state index contributed by atoms with van der Waals surface area (Å²) < 4.78 is 28.3. The summed E-state index contributed by atoms with van der Waals surface area (Å²) in [5.41, 5.74) is 5.07. The minimum absolute atomic E-state index is 0.211. The summed E-state index contributed by atoms with van der Waals surface area (Å²) in [6.45, 7) is 7.89. The maximum Gasteiger partial charge on any atom is 0.337 e.